The first-order valence-corrected chi connectivity index (χ1v) is 13.7. The minimum absolute atomic E-state index is 0.0178. The molecule has 0 spiro atoms. The zero-order valence-electron chi connectivity index (χ0n) is 22.7. The van der Waals surface area contributed by atoms with Gasteiger partial charge in [0.1, 0.15) is 12.0 Å². The Morgan fingerprint density at radius 2 is 1.45 bits per heavy atom. The van der Waals surface area contributed by atoms with Crippen molar-refractivity contribution in [2.45, 2.75) is 36.6 Å². The van der Waals surface area contributed by atoms with Gasteiger partial charge in [0.2, 0.25) is 11.8 Å². The van der Waals surface area contributed by atoms with Gasteiger partial charge in [-0.05, 0) is 60.8 Å². The molecule has 0 saturated carbocycles. The SMILES string of the molecule is CNC(=O)C(CCN1CCC(c2ccccc2)(c2nnn(CC(N)=O)n2)CC1)(c1ccccc1)c1ccccc1. The predicted octanol–water partition coefficient (Wildman–Crippen LogP) is 2.66. The fourth-order valence-corrected chi connectivity index (χ4v) is 6.01. The lowest BCUT2D eigenvalue weighted by Gasteiger charge is -2.42. The molecule has 0 atom stereocenters. The van der Waals surface area contributed by atoms with E-state index in [1.807, 2.05) is 78.9 Å². The number of nitrogens with one attached hydrogen (secondary N) is 1. The number of amides is 2. The van der Waals surface area contributed by atoms with Crippen LogP contribution < -0.4 is 11.1 Å². The van der Waals surface area contributed by atoms with Crippen LogP contribution in [0.3, 0.4) is 0 Å². The van der Waals surface area contributed by atoms with Crippen molar-refractivity contribution in [1.29, 1.82) is 0 Å². The van der Waals surface area contributed by atoms with Crippen LogP contribution in [-0.2, 0) is 27.0 Å². The molecule has 0 unspecified atom stereocenters. The first-order valence-electron chi connectivity index (χ1n) is 13.7. The quantitative estimate of drug-likeness (QED) is 0.321. The maximum Gasteiger partial charge on any atom is 0.241 e. The van der Waals surface area contributed by atoms with Crippen molar-refractivity contribution in [1.82, 2.24) is 30.4 Å². The molecule has 1 aliphatic rings. The summed E-state index contributed by atoms with van der Waals surface area (Å²) in [6, 6.07) is 30.3. The van der Waals surface area contributed by atoms with E-state index in [1.165, 1.54) is 4.80 Å². The topological polar surface area (TPSA) is 119 Å². The van der Waals surface area contributed by atoms with E-state index in [0.717, 1.165) is 49.2 Å². The highest BCUT2D eigenvalue weighted by atomic mass is 16.2. The Bertz CT molecular complexity index is 1380. The third kappa shape index (κ3) is 5.24. The van der Waals surface area contributed by atoms with Gasteiger partial charge in [-0.25, -0.2) is 0 Å². The number of hydrogen-bond acceptors (Lipinski definition) is 6. The lowest BCUT2D eigenvalue weighted by molar-refractivity contribution is -0.125. The van der Waals surface area contributed by atoms with E-state index in [2.05, 4.69) is 37.8 Å². The molecule has 9 nitrogen and oxygen atoms in total. The molecule has 1 saturated heterocycles. The summed E-state index contributed by atoms with van der Waals surface area (Å²) >= 11 is 0. The summed E-state index contributed by atoms with van der Waals surface area (Å²) in [4.78, 5) is 28.8. The normalized spacial score (nSPS) is 15.4. The number of nitrogens with two attached hydrogens (primary N) is 1. The molecule has 2 amide bonds. The van der Waals surface area contributed by atoms with Gasteiger partial charge in [0.15, 0.2) is 5.82 Å². The Balaban J connectivity index is 1.41. The number of aromatic nitrogens is 4. The molecule has 4 aromatic rings. The zero-order chi connectivity index (χ0) is 28.0. The van der Waals surface area contributed by atoms with Crippen LogP contribution in [0.2, 0.25) is 0 Å². The summed E-state index contributed by atoms with van der Waals surface area (Å²) in [6.07, 6.45) is 2.19. The third-order valence-corrected chi connectivity index (χ3v) is 8.17. The van der Waals surface area contributed by atoms with E-state index in [9.17, 15) is 9.59 Å². The number of likely N-dealkylation sites (tertiary alicyclic amines) is 1. The zero-order valence-corrected chi connectivity index (χ0v) is 22.7. The molecule has 0 radical (unpaired) electrons. The van der Waals surface area contributed by atoms with Crippen molar-refractivity contribution in [2.75, 3.05) is 26.7 Å². The van der Waals surface area contributed by atoms with Crippen LogP contribution in [0.5, 0.6) is 0 Å². The number of carbonyl (C=O) groups excluding carboxylic acids is 2. The number of carbonyl (C=O) groups is 2. The van der Waals surface area contributed by atoms with Gasteiger partial charge in [-0.15, -0.1) is 10.2 Å². The number of benzene rings is 3. The molecule has 5 rings (SSSR count). The molecule has 9 heteroatoms. The van der Waals surface area contributed by atoms with Crippen molar-refractivity contribution in [3.63, 3.8) is 0 Å². The van der Waals surface area contributed by atoms with Crippen molar-refractivity contribution >= 4 is 11.8 Å². The van der Waals surface area contributed by atoms with Crippen molar-refractivity contribution in [3.05, 3.63) is 114 Å². The molecular formula is C31H35N7O2. The summed E-state index contributed by atoms with van der Waals surface area (Å²) in [5.74, 6) is 0.0765. The molecule has 3 aromatic carbocycles. The summed E-state index contributed by atoms with van der Waals surface area (Å²) in [6.45, 7) is 2.23. The van der Waals surface area contributed by atoms with Crippen LogP contribution in [0.25, 0.3) is 0 Å². The fourth-order valence-electron chi connectivity index (χ4n) is 6.01. The second kappa shape index (κ2) is 11.8. The number of hydrogen-bond donors (Lipinski definition) is 2. The molecule has 0 aliphatic carbocycles. The van der Waals surface area contributed by atoms with Gasteiger partial charge in [-0.1, -0.05) is 91.0 Å². The first-order chi connectivity index (χ1) is 19.5. The van der Waals surface area contributed by atoms with E-state index in [1.54, 1.807) is 7.05 Å². The maximum absolute atomic E-state index is 13.7. The molecular weight excluding hydrogens is 502 g/mol. The van der Waals surface area contributed by atoms with Crippen LogP contribution in [0.4, 0.5) is 0 Å². The molecule has 1 fully saturated rings. The van der Waals surface area contributed by atoms with Gasteiger partial charge >= 0.3 is 0 Å². The highest BCUT2D eigenvalue weighted by Crippen LogP contribution is 2.41. The molecule has 0 bridgehead atoms. The lowest BCUT2D eigenvalue weighted by Crippen LogP contribution is -2.49. The Hall–Kier alpha value is -4.37. The van der Waals surface area contributed by atoms with Crippen molar-refractivity contribution in [3.8, 4) is 0 Å². The monoisotopic (exact) mass is 537 g/mol. The largest absolute Gasteiger partial charge is 0.368 e. The number of piperidine rings is 1. The molecule has 2 heterocycles. The van der Waals surface area contributed by atoms with E-state index in [0.29, 0.717) is 12.2 Å². The minimum Gasteiger partial charge on any atom is -0.368 e. The Labute approximate surface area is 234 Å². The van der Waals surface area contributed by atoms with E-state index >= 15 is 0 Å². The predicted molar refractivity (Wildman–Crippen MR) is 152 cm³/mol. The second-order valence-electron chi connectivity index (χ2n) is 10.4. The summed E-state index contributed by atoms with van der Waals surface area (Å²) in [5.41, 5.74) is 7.20. The Morgan fingerprint density at radius 3 is 1.98 bits per heavy atom. The number of tetrazole rings is 1. The first kappa shape index (κ1) is 27.2. The van der Waals surface area contributed by atoms with Gasteiger partial charge in [0.25, 0.3) is 0 Å². The standard InChI is InChI=1S/C31H35N7O2/c1-33-29(40)31(25-13-7-3-8-14-25,26-15-9-4-10-16-26)19-22-37-20-17-30(18-21-37,24-11-5-2-6-12-24)28-34-36-38(35-28)23-27(32)39/h2-16H,17-23H2,1H3,(H2,32,39)(H,33,40). The molecule has 3 N–H and O–H groups in total. The maximum atomic E-state index is 13.7. The van der Waals surface area contributed by atoms with Gasteiger partial charge in [0, 0.05) is 7.05 Å². The smallest absolute Gasteiger partial charge is 0.241 e. The Morgan fingerprint density at radius 1 is 0.900 bits per heavy atom. The van der Waals surface area contributed by atoms with Crippen LogP contribution in [0.1, 0.15) is 41.8 Å². The summed E-state index contributed by atoms with van der Waals surface area (Å²) in [7, 11) is 1.70. The lowest BCUT2D eigenvalue weighted by atomic mass is 9.70. The highest BCUT2D eigenvalue weighted by molar-refractivity contribution is 5.92. The molecule has 206 valence electrons. The number of likely N-dealkylation sites (N-methyl/N-ethyl adjacent to an activating group) is 1. The third-order valence-electron chi connectivity index (χ3n) is 8.17. The van der Waals surface area contributed by atoms with Gasteiger partial charge in [-0.2, -0.15) is 4.80 Å². The molecule has 1 aromatic heterocycles. The van der Waals surface area contributed by atoms with E-state index in [4.69, 9.17) is 5.73 Å². The van der Waals surface area contributed by atoms with Crippen LogP contribution >= 0.6 is 0 Å². The van der Waals surface area contributed by atoms with E-state index in [-0.39, 0.29) is 12.5 Å². The summed E-state index contributed by atoms with van der Waals surface area (Å²) in [5, 5.41) is 16.0. The number of nitrogens with zero attached hydrogens (tertiary/aromatic N) is 5. The van der Waals surface area contributed by atoms with Crippen molar-refractivity contribution in [2.24, 2.45) is 5.73 Å². The average Bonchev–Trinajstić information content (AvgIpc) is 3.47. The summed E-state index contributed by atoms with van der Waals surface area (Å²) < 4.78 is 0. The molecule has 1 aliphatic heterocycles. The van der Waals surface area contributed by atoms with Crippen LogP contribution in [-0.4, -0.2) is 63.6 Å². The second-order valence-corrected chi connectivity index (χ2v) is 10.4. The minimum atomic E-state index is -0.815. The van der Waals surface area contributed by atoms with Crippen LogP contribution in [0, 0.1) is 0 Å². The van der Waals surface area contributed by atoms with Crippen LogP contribution in [0.15, 0.2) is 91.0 Å². The average molecular weight is 538 g/mol. The Kier molecular flexibility index (Phi) is 8.02. The number of primary amides is 1. The van der Waals surface area contributed by atoms with Gasteiger partial charge in [0.05, 0.1) is 5.41 Å². The van der Waals surface area contributed by atoms with E-state index < -0.39 is 16.7 Å². The number of rotatable bonds is 10. The van der Waals surface area contributed by atoms with Gasteiger partial charge < -0.3 is 16.0 Å². The molecule has 40 heavy (non-hydrogen) atoms. The fraction of sp³-hybridized carbons (Fsp3) is 0.323. The van der Waals surface area contributed by atoms with Crippen molar-refractivity contribution < 1.29 is 9.59 Å². The van der Waals surface area contributed by atoms with Gasteiger partial charge in [-0.3, -0.25) is 9.59 Å². The highest BCUT2D eigenvalue weighted by Gasteiger charge is 2.44.